The van der Waals surface area contributed by atoms with Crippen LogP contribution in [0.15, 0.2) is 60.7 Å². The lowest BCUT2D eigenvalue weighted by molar-refractivity contribution is -0.144. The van der Waals surface area contributed by atoms with Gasteiger partial charge in [0.25, 0.3) is 0 Å². The number of rotatable bonds is 55. The van der Waals surface area contributed by atoms with E-state index in [1.807, 2.05) is 0 Å². The van der Waals surface area contributed by atoms with Gasteiger partial charge in [-0.05, 0) is 142 Å². The SMILES string of the molecule is CC[C@H](C)[C@H](NC(=O)[C@@H]1CCCN1C(=O)[C@@H](NC(=O)[C@H](CCCCN)NC(=O)[C@H](CC(C)C)NC(=O)[C@H](Cc1ccccc1)NC(=O)[C@H](CC(C)C)NC(=O)[C@H](CC(C)C)NC(=O)[C@H](Cc1ccccc1)NC(=O)[C@@H]1CCCN1C(=O)[C@H](CC(N)=O)NC(=O)[C@@H](NC(=O)[C@H](CC(=O)O)NC(=O)[C@@H](N)CCSC)C(C)C)C(C)C)C(=O)N[C@@H](CCC(N)=O)C(=O)O. The molecule has 696 valence electrons. The third kappa shape index (κ3) is 36.0. The third-order valence-electron chi connectivity index (χ3n) is 21.7. The number of primary amides is 2. The minimum absolute atomic E-state index is 0.00489. The van der Waals surface area contributed by atoms with E-state index in [2.05, 4.69) is 63.8 Å². The van der Waals surface area contributed by atoms with Crippen LogP contribution in [-0.2, 0) is 99.1 Å². The number of carbonyl (C=O) groups is 18. The quantitative estimate of drug-likeness (QED) is 0.0377. The third-order valence-corrected chi connectivity index (χ3v) is 22.3. The minimum atomic E-state index is -1.73. The number of hydrogen-bond donors (Lipinski definition) is 18. The number of likely N-dealkylation sites (tertiary alicyclic amines) is 2. The number of nitrogens with zero attached hydrogens (tertiary/aromatic N) is 2. The normalized spacial score (nSPS) is 17.2. The van der Waals surface area contributed by atoms with E-state index in [1.165, 1.54) is 30.5 Å². The summed E-state index contributed by atoms with van der Waals surface area (Å²) in [6.45, 7) is 20.9. The van der Waals surface area contributed by atoms with Crippen molar-refractivity contribution in [1.29, 1.82) is 0 Å². The Kier molecular flexibility index (Phi) is 45.6. The molecule has 2 saturated heterocycles. The molecular weight excluding hydrogens is 1640 g/mol. The van der Waals surface area contributed by atoms with Crippen LogP contribution in [0.1, 0.15) is 197 Å². The molecule has 4 rings (SSSR count). The molecule has 0 aromatic heterocycles. The molecule has 2 heterocycles. The molecule has 0 bridgehead atoms. The predicted octanol–water partition coefficient (Wildman–Crippen LogP) is -0.323. The Labute approximate surface area is 736 Å². The van der Waals surface area contributed by atoms with Crippen LogP contribution >= 0.6 is 11.8 Å². The Morgan fingerprint density at radius 1 is 0.424 bits per heavy atom. The van der Waals surface area contributed by atoms with Gasteiger partial charge in [-0.1, -0.05) is 150 Å². The maximum Gasteiger partial charge on any atom is 0.326 e. The van der Waals surface area contributed by atoms with E-state index < -0.39 is 228 Å². The van der Waals surface area contributed by atoms with Crippen LogP contribution in [0, 0.1) is 35.5 Å². The first kappa shape index (κ1) is 107. The molecule has 0 aliphatic carbocycles. The molecule has 2 aromatic carbocycles. The highest BCUT2D eigenvalue weighted by Crippen LogP contribution is 2.25. The van der Waals surface area contributed by atoms with Crippen molar-refractivity contribution in [3.8, 4) is 0 Å². The van der Waals surface area contributed by atoms with Gasteiger partial charge in [-0.2, -0.15) is 11.8 Å². The highest BCUT2D eigenvalue weighted by atomic mass is 32.2. The topological polar surface area (TPSA) is 603 Å². The number of unbranched alkanes of at least 4 members (excludes halogenated alkanes) is 1. The van der Waals surface area contributed by atoms with Crippen molar-refractivity contribution >= 4 is 118 Å². The second-order valence-electron chi connectivity index (χ2n) is 34.3. The highest BCUT2D eigenvalue weighted by Gasteiger charge is 2.45. The fourth-order valence-electron chi connectivity index (χ4n) is 14.6. The average Bonchev–Trinajstić information content (AvgIpc) is 1.71. The second kappa shape index (κ2) is 53.5. The molecule has 0 radical (unpaired) electrons. The van der Waals surface area contributed by atoms with Crippen LogP contribution in [0.4, 0.5) is 0 Å². The van der Waals surface area contributed by atoms with Gasteiger partial charge in [0, 0.05) is 32.4 Å². The summed E-state index contributed by atoms with van der Waals surface area (Å²) < 4.78 is 0. The summed E-state index contributed by atoms with van der Waals surface area (Å²) >= 11 is 1.41. The molecule has 0 spiro atoms. The van der Waals surface area contributed by atoms with Gasteiger partial charge < -0.3 is 107 Å². The number of carboxylic acid groups (broad SMARTS) is 2. The predicted molar refractivity (Wildman–Crippen MR) is 466 cm³/mol. The standard InChI is InChI=1S/C86H136N18O20S/c1-14-51(12)71(83(120)92-56(86(123)124)32-33-66(89)105)102-81(118)65-31-24-37-104(65)85(122)70(50(10)11)101-73(110)55(29-21-22-35-87)91-74(111)57(39-46(2)3)95-77(114)60(42-52-25-17-15-18-26-52)97-76(113)59(41-48(6)7)94-75(112)58(40-47(4)5)96-78(115)61(43-53-27-19-16-20-28-53)98-80(117)64-30-23-36-103(64)84(121)63(44-67(90)106)99-82(119)69(49(8)9)100-79(116)62(45-68(107)108)93-72(109)54(88)34-38-125-13/h15-20,25-28,46-51,54-65,69-71H,14,21-24,29-45,87-88H2,1-13H3,(H2,89,105)(H2,90,106)(H,91,111)(H,92,120)(H,93,109)(H,94,112)(H,95,114)(H,96,115)(H,97,113)(H,98,117)(H,99,119)(H,100,116)(H,101,110)(H,102,118)(H,107,108)(H,123,124)/t51-,54-,55-,56-,57-,58-,59-,60-,61-,62-,63-,64-,65-,69-,70-,71-/m0/s1. The van der Waals surface area contributed by atoms with E-state index >= 15 is 9.59 Å². The van der Waals surface area contributed by atoms with E-state index in [0.29, 0.717) is 42.6 Å². The zero-order chi connectivity index (χ0) is 93.6. The molecule has 0 unspecified atom stereocenters. The van der Waals surface area contributed by atoms with Crippen LogP contribution in [0.2, 0.25) is 0 Å². The van der Waals surface area contributed by atoms with Crippen molar-refractivity contribution in [2.24, 2.45) is 58.4 Å². The van der Waals surface area contributed by atoms with E-state index in [0.717, 1.165) is 4.90 Å². The van der Waals surface area contributed by atoms with E-state index in [1.54, 1.807) is 136 Å². The number of nitrogens with one attached hydrogen (secondary N) is 12. The average molecular weight is 1770 g/mol. The Morgan fingerprint density at radius 2 is 0.824 bits per heavy atom. The lowest BCUT2D eigenvalue weighted by Gasteiger charge is -2.33. The van der Waals surface area contributed by atoms with Crippen LogP contribution in [-0.4, -0.2) is 249 Å². The number of aliphatic carboxylic acids is 2. The van der Waals surface area contributed by atoms with Gasteiger partial charge in [-0.25, -0.2) is 4.79 Å². The van der Waals surface area contributed by atoms with Gasteiger partial charge in [0.05, 0.1) is 18.9 Å². The van der Waals surface area contributed by atoms with Crippen LogP contribution in [0.25, 0.3) is 0 Å². The maximum absolute atomic E-state index is 15.1. The highest BCUT2D eigenvalue weighted by molar-refractivity contribution is 7.98. The summed E-state index contributed by atoms with van der Waals surface area (Å²) in [7, 11) is 0. The fourth-order valence-corrected chi connectivity index (χ4v) is 15.1. The van der Waals surface area contributed by atoms with Crippen molar-refractivity contribution in [2.75, 3.05) is 31.6 Å². The van der Waals surface area contributed by atoms with Crippen molar-refractivity contribution in [3.05, 3.63) is 71.8 Å². The molecule has 2 aliphatic rings. The van der Waals surface area contributed by atoms with Crippen molar-refractivity contribution in [2.45, 2.75) is 289 Å². The first-order chi connectivity index (χ1) is 58.9. The number of thioether (sulfide) groups is 1. The molecule has 16 atom stereocenters. The molecule has 16 amide bonds. The van der Waals surface area contributed by atoms with Gasteiger partial charge >= 0.3 is 11.9 Å². The van der Waals surface area contributed by atoms with E-state index in [9.17, 15) is 86.9 Å². The Hall–Kier alpha value is -10.8. The van der Waals surface area contributed by atoms with Crippen LogP contribution < -0.4 is 86.7 Å². The molecule has 39 heteroatoms. The molecular formula is C86H136N18O20S. The summed E-state index contributed by atoms with van der Waals surface area (Å²) in [5, 5.41) is 51.6. The number of carboxylic acids is 2. The molecule has 125 heavy (non-hydrogen) atoms. The summed E-state index contributed by atoms with van der Waals surface area (Å²) in [5.41, 5.74) is 23.9. The molecule has 2 aliphatic heterocycles. The summed E-state index contributed by atoms with van der Waals surface area (Å²) in [6, 6.07) is -3.60. The summed E-state index contributed by atoms with van der Waals surface area (Å²) in [5.74, 6) is -18.6. The monoisotopic (exact) mass is 1770 g/mol. The molecule has 2 fully saturated rings. The Morgan fingerprint density at radius 3 is 1.26 bits per heavy atom. The first-order valence-corrected chi connectivity index (χ1v) is 44.6. The van der Waals surface area contributed by atoms with E-state index in [-0.39, 0.29) is 114 Å². The number of hydrogen-bond acceptors (Lipinski definition) is 21. The van der Waals surface area contributed by atoms with Gasteiger partial charge in [0.2, 0.25) is 94.5 Å². The van der Waals surface area contributed by atoms with Gasteiger partial charge in [0.15, 0.2) is 0 Å². The van der Waals surface area contributed by atoms with Gasteiger partial charge in [-0.3, -0.25) is 81.5 Å². The zero-order valence-corrected chi connectivity index (χ0v) is 75.1. The Balaban J connectivity index is 1.62. The van der Waals surface area contributed by atoms with Crippen molar-refractivity contribution < 1.29 is 96.5 Å². The zero-order valence-electron chi connectivity index (χ0n) is 74.3. The van der Waals surface area contributed by atoms with Crippen LogP contribution in [0.5, 0.6) is 0 Å². The fraction of sp³-hybridized carbons (Fsp3) is 0.651. The van der Waals surface area contributed by atoms with Gasteiger partial charge in [-0.15, -0.1) is 0 Å². The molecule has 2 aromatic rings. The van der Waals surface area contributed by atoms with E-state index in [4.69, 9.17) is 22.9 Å². The van der Waals surface area contributed by atoms with Gasteiger partial charge in [0.1, 0.15) is 84.6 Å². The summed E-state index contributed by atoms with van der Waals surface area (Å²) in [6.07, 6.45) is 1.34. The molecule has 0 saturated carbocycles. The Bertz CT molecular complexity index is 3990. The number of nitrogens with two attached hydrogens (primary N) is 4. The smallest absolute Gasteiger partial charge is 0.326 e. The molecule has 22 N–H and O–H groups in total. The largest absolute Gasteiger partial charge is 0.481 e. The lowest BCUT2D eigenvalue weighted by atomic mass is 9.96. The number of carbonyl (C=O) groups excluding carboxylic acids is 16. The number of benzene rings is 2. The lowest BCUT2D eigenvalue weighted by Crippen LogP contribution is -2.62. The molecule has 38 nitrogen and oxygen atoms in total. The van der Waals surface area contributed by atoms with Crippen molar-refractivity contribution in [3.63, 3.8) is 0 Å². The van der Waals surface area contributed by atoms with Crippen LogP contribution in [0.3, 0.4) is 0 Å². The second-order valence-corrected chi connectivity index (χ2v) is 35.3. The maximum atomic E-state index is 15.1. The summed E-state index contributed by atoms with van der Waals surface area (Å²) in [4.78, 5) is 253. The first-order valence-electron chi connectivity index (χ1n) is 43.2. The minimum Gasteiger partial charge on any atom is -0.481 e. The number of amides is 16. The van der Waals surface area contributed by atoms with Crippen molar-refractivity contribution in [1.82, 2.24) is 73.6 Å².